The molecule has 0 radical (unpaired) electrons. The lowest BCUT2D eigenvalue weighted by Gasteiger charge is -2.12. The second kappa shape index (κ2) is 7.85. The van der Waals surface area contributed by atoms with Crippen molar-refractivity contribution in [2.45, 2.75) is 6.54 Å². The lowest BCUT2D eigenvalue weighted by Crippen LogP contribution is -2.27. The normalized spacial score (nSPS) is 15.7. The van der Waals surface area contributed by atoms with Crippen LogP contribution in [-0.2, 0) is 11.3 Å². The van der Waals surface area contributed by atoms with Gasteiger partial charge in [-0.05, 0) is 41.1 Å². The summed E-state index contributed by atoms with van der Waals surface area (Å²) in [6, 6.07) is 16.8. The van der Waals surface area contributed by atoms with Crippen molar-refractivity contribution < 1.29 is 14.3 Å². The molecule has 126 valence electrons. The Morgan fingerprint density at radius 2 is 1.88 bits per heavy atom. The minimum absolute atomic E-state index is 0.251. The maximum atomic E-state index is 12.6. The third-order valence-corrected chi connectivity index (χ3v) is 4.49. The van der Waals surface area contributed by atoms with E-state index in [1.807, 2.05) is 54.6 Å². The smallest absolute Gasteiger partial charge is 0.293 e. The lowest BCUT2D eigenvalue weighted by atomic mass is 10.2. The Bertz CT molecular complexity index is 830. The number of rotatable bonds is 6. The van der Waals surface area contributed by atoms with Gasteiger partial charge < -0.3 is 4.74 Å². The van der Waals surface area contributed by atoms with E-state index in [0.717, 1.165) is 22.9 Å². The van der Waals surface area contributed by atoms with Crippen LogP contribution in [0.1, 0.15) is 11.1 Å². The van der Waals surface area contributed by atoms with E-state index in [9.17, 15) is 9.59 Å². The van der Waals surface area contributed by atoms with Gasteiger partial charge in [-0.1, -0.05) is 55.1 Å². The number of amides is 2. The number of thioether (sulfide) groups is 1. The molecule has 2 amide bonds. The Labute approximate surface area is 150 Å². The zero-order valence-electron chi connectivity index (χ0n) is 13.6. The third-order valence-electron chi connectivity index (χ3n) is 3.58. The number of nitrogens with zero attached hydrogens (tertiary/aromatic N) is 1. The Morgan fingerprint density at radius 3 is 2.64 bits per heavy atom. The van der Waals surface area contributed by atoms with Gasteiger partial charge in [0.1, 0.15) is 12.4 Å². The first-order chi connectivity index (χ1) is 12.2. The van der Waals surface area contributed by atoms with Crippen LogP contribution in [0.25, 0.3) is 6.08 Å². The quantitative estimate of drug-likeness (QED) is 0.568. The summed E-state index contributed by atoms with van der Waals surface area (Å²) in [4.78, 5) is 26.4. The van der Waals surface area contributed by atoms with E-state index in [-0.39, 0.29) is 17.7 Å². The van der Waals surface area contributed by atoms with E-state index in [1.165, 1.54) is 4.90 Å². The number of carbonyl (C=O) groups excluding carboxylic acids is 2. The van der Waals surface area contributed by atoms with Crippen LogP contribution in [0.4, 0.5) is 4.79 Å². The van der Waals surface area contributed by atoms with Crippen LogP contribution in [0.15, 0.2) is 72.2 Å². The summed E-state index contributed by atoms with van der Waals surface area (Å²) in [5.41, 5.74) is 1.73. The Balaban J connectivity index is 1.77. The van der Waals surface area contributed by atoms with E-state index in [1.54, 1.807) is 12.2 Å². The van der Waals surface area contributed by atoms with Gasteiger partial charge in [0.25, 0.3) is 11.1 Å². The largest absolute Gasteiger partial charge is 0.490 e. The molecule has 2 aromatic carbocycles. The first-order valence-electron chi connectivity index (χ1n) is 7.80. The highest BCUT2D eigenvalue weighted by Crippen LogP contribution is 2.33. The standard InChI is InChI=1S/C20H17NO3S/c1-2-11-24-17-10-6-9-16(12-17)13-18-19(22)21(20(23)25-18)14-15-7-4-3-5-8-15/h2-10,12-13H,1,11,14H2/b18-13+. The van der Waals surface area contributed by atoms with Crippen molar-refractivity contribution in [3.8, 4) is 5.75 Å². The van der Waals surface area contributed by atoms with Gasteiger partial charge in [-0.25, -0.2) is 0 Å². The van der Waals surface area contributed by atoms with E-state index in [4.69, 9.17) is 4.74 Å². The number of hydrogen-bond acceptors (Lipinski definition) is 4. The van der Waals surface area contributed by atoms with Gasteiger partial charge in [-0.15, -0.1) is 0 Å². The van der Waals surface area contributed by atoms with Crippen molar-refractivity contribution in [1.29, 1.82) is 0 Å². The molecular weight excluding hydrogens is 334 g/mol. The van der Waals surface area contributed by atoms with Crippen molar-refractivity contribution >= 4 is 29.0 Å². The summed E-state index contributed by atoms with van der Waals surface area (Å²) in [6.45, 7) is 4.31. The molecule has 4 nitrogen and oxygen atoms in total. The second-order valence-electron chi connectivity index (χ2n) is 5.43. The molecule has 0 unspecified atom stereocenters. The molecule has 5 heteroatoms. The van der Waals surface area contributed by atoms with Crippen LogP contribution in [0.2, 0.25) is 0 Å². The van der Waals surface area contributed by atoms with Crippen molar-refractivity contribution in [2.24, 2.45) is 0 Å². The molecule has 1 saturated heterocycles. The Morgan fingerprint density at radius 1 is 1.08 bits per heavy atom. The molecule has 25 heavy (non-hydrogen) atoms. The molecule has 0 spiro atoms. The van der Waals surface area contributed by atoms with E-state index in [2.05, 4.69) is 6.58 Å². The molecule has 0 saturated carbocycles. The summed E-state index contributed by atoms with van der Waals surface area (Å²) in [7, 11) is 0. The minimum Gasteiger partial charge on any atom is -0.490 e. The van der Waals surface area contributed by atoms with Gasteiger partial charge in [0.05, 0.1) is 11.4 Å². The maximum Gasteiger partial charge on any atom is 0.293 e. The molecule has 1 heterocycles. The monoisotopic (exact) mass is 351 g/mol. The molecule has 2 aromatic rings. The molecule has 0 atom stereocenters. The van der Waals surface area contributed by atoms with Gasteiger partial charge >= 0.3 is 0 Å². The molecule has 1 fully saturated rings. The average molecular weight is 351 g/mol. The summed E-state index contributed by atoms with van der Waals surface area (Å²) >= 11 is 0.961. The highest BCUT2D eigenvalue weighted by molar-refractivity contribution is 8.18. The first-order valence-corrected chi connectivity index (χ1v) is 8.62. The Hall–Kier alpha value is -2.79. The van der Waals surface area contributed by atoms with Crippen LogP contribution in [0.3, 0.4) is 0 Å². The van der Waals surface area contributed by atoms with Gasteiger partial charge in [0.15, 0.2) is 0 Å². The number of ether oxygens (including phenoxy) is 1. The molecule has 0 aliphatic carbocycles. The highest BCUT2D eigenvalue weighted by Gasteiger charge is 2.34. The lowest BCUT2D eigenvalue weighted by molar-refractivity contribution is -0.123. The van der Waals surface area contributed by atoms with Gasteiger partial charge in [0.2, 0.25) is 0 Å². The fourth-order valence-corrected chi connectivity index (χ4v) is 3.24. The van der Waals surface area contributed by atoms with Crippen molar-refractivity contribution in [1.82, 2.24) is 4.90 Å². The van der Waals surface area contributed by atoms with Gasteiger partial charge in [-0.2, -0.15) is 0 Å². The fourth-order valence-electron chi connectivity index (χ4n) is 2.40. The second-order valence-corrected chi connectivity index (χ2v) is 6.42. The van der Waals surface area contributed by atoms with Crippen LogP contribution < -0.4 is 4.74 Å². The van der Waals surface area contributed by atoms with Crippen LogP contribution in [0.5, 0.6) is 5.75 Å². The molecule has 1 aliphatic rings. The molecule has 1 aliphatic heterocycles. The predicted octanol–water partition coefficient (Wildman–Crippen LogP) is 4.49. The molecule has 0 aromatic heterocycles. The third kappa shape index (κ3) is 4.19. The average Bonchev–Trinajstić information content (AvgIpc) is 2.89. The zero-order chi connectivity index (χ0) is 17.6. The van der Waals surface area contributed by atoms with E-state index < -0.39 is 0 Å². The van der Waals surface area contributed by atoms with E-state index in [0.29, 0.717) is 17.3 Å². The summed E-state index contributed by atoms with van der Waals surface area (Å²) < 4.78 is 5.49. The topological polar surface area (TPSA) is 46.6 Å². The van der Waals surface area contributed by atoms with Gasteiger partial charge in [-0.3, -0.25) is 14.5 Å². The van der Waals surface area contributed by atoms with Gasteiger partial charge in [0, 0.05) is 0 Å². The zero-order valence-corrected chi connectivity index (χ0v) is 14.4. The molecular formula is C20H17NO3S. The molecule has 0 N–H and O–H groups in total. The molecule has 3 rings (SSSR count). The first kappa shape index (κ1) is 17.0. The maximum absolute atomic E-state index is 12.6. The fraction of sp³-hybridized carbons (Fsp3) is 0.100. The summed E-state index contributed by atoms with van der Waals surface area (Å²) in [5, 5.41) is -0.251. The van der Waals surface area contributed by atoms with Crippen LogP contribution in [0, 0.1) is 0 Å². The van der Waals surface area contributed by atoms with Crippen LogP contribution in [-0.4, -0.2) is 22.7 Å². The Kier molecular flexibility index (Phi) is 5.36. The number of hydrogen-bond donors (Lipinski definition) is 0. The van der Waals surface area contributed by atoms with Crippen molar-refractivity contribution in [2.75, 3.05) is 6.61 Å². The van der Waals surface area contributed by atoms with Crippen molar-refractivity contribution in [3.05, 3.63) is 83.3 Å². The number of imide groups is 1. The number of carbonyl (C=O) groups is 2. The van der Waals surface area contributed by atoms with Crippen molar-refractivity contribution in [3.63, 3.8) is 0 Å². The highest BCUT2D eigenvalue weighted by atomic mass is 32.2. The SMILES string of the molecule is C=CCOc1cccc(/C=C2/SC(=O)N(Cc3ccccc3)C2=O)c1. The predicted molar refractivity (Wildman–Crippen MR) is 100 cm³/mol. The van der Waals surface area contributed by atoms with Crippen LogP contribution >= 0.6 is 11.8 Å². The number of benzene rings is 2. The summed E-state index contributed by atoms with van der Waals surface area (Å²) in [6.07, 6.45) is 3.39. The van der Waals surface area contributed by atoms with E-state index >= 15 is 0 Å². The molecule has 0 bridgehead atoms. The summed E-state index contributed by atoms with van der Waals surface area (Å²) in [5.74, 6) is 0.424. The minimum atomic E-state index is -0.267.